The van der Waals surface area contributed by atoms with Crippen molar-refractivity contribution in [3.05, 3.63) is 0 Å². The summed E-state index contributed by atoms with van der Waals surface area (Å²) in [6, 6.07) is 0. The SMILES string of the molecule is ClCC(I)C(CCl)OCC1CCOCC1. The predicted molar refractivity (Wildman–Crippen MR) is 72.5 cm³/mol. The number of hydrogen-bond acceptors (Lipinski definition) is 2. The van der Waals surface area contributed by atoms with Crippen molar-refractivity contribution in [1.29, 1.82) is 0 Å². The van der Waals surface area contributed by atoms with Gasteiger partial charge in [0.1, 0.15) is 0 Å². The minimum absolute atomic E-state index is 0.0765. The van der Waals surface area contributed by atoms with Crippen molar-refractivity contribution < 1.29 is 9.47 Å². The van der Waals surface area contributed by atoms with Crippen LogP contribution < -0.4 is 0 Å². The molecule has 0 spiro atoms. The van der Waals surface area contributed by atoms with Crippen LogP contribution in [0.25, 0.3) is 0 Å². The van der Waals surface area contributed by atoms with Gasteiger partial charge in [-0.05, 0) is 18.8 Å². The summed E-state index contributed by atoms with van der Waals surface area (Å²) in [5, 5.41) is 0. The number of halogens is 3. The molecule has 0 aromatic carbocycles. The first-order chi connectivity index (χ1) is 7.27. The van der Waals surface area contributed by atoms with Crippen LogP contribution in [0.1, 0.15) is 12.8 Å². The van der Waals surface area contributed by atoms with Gasteiger partial charge in [-0.15, -0.1) is 23.2 Å². The van der Waals surface area contributed by atoms with Gasteiger partial charge in [-0.2, -0.15) is 0 Å². The molecule has 15 heavy (non-hydrogen) atoms. The Morgan fingerprint density at radius 3 is 2.47 bits per heavy atom. The average Bonchev–Trinajstić information content (AvgIpc) is 2.31. The Bertz CT molecular complexity index is 166. The van der Waals surface area contributed by atoms with Crippen LogP contribution in [0.15, 0.2) is 0 Å². The van der Waals surface area contributed by atoms with Crippen LogP contribution in [0.5, 0.6) is 0 Å². The van der Waals surface area contributed by atoms with E-state index in [0.717, 1.165) is 32.7 Å². The summed E-state index contributed by atoms with van der Waals surface area (Å²) in [6.45, 7) is 2.52. The Balaban J connectivity index is 2.20. The maximum atomic E-state index is 5.85. The van der Waals surface area contributed by atoms with E-state index in [-0.39, 0.29) is 6.10 Å². The summed E-state index contributed by atoms with van der Waals surface area (Å²) in [4.78, 5) is 0. The maximum Gasteiger partial charge on any atom is 0.0839 e. The number of alkyl halides is 3. The molecule has 1 heterocycles. The highest BCUT2D eigenvalue weighted by molar-refractivity contribution is 14.1. The molecule has 0 radical (unpaired) electrons. The van der Waals surface area contributed by atoms with Crippen LogP contribution in [0, 0.1) is 5.92 Å². The lowest BCUT2D eigenvalue weighted by molar-refractivity contribution is -0.00155. The number of hydrogen-bond donors (Lipinski definition) is 0. The lowest BCUT2D eigenvalue weighted by Gasteiger charge is -2.25. The molecule has 2 nitrogen and oxygen atoms in total. The van der Waals surface area contributed by atoms with E-state index in [1.54, 1.807) is 0 Å². The predicted octanol–water partition coefficient (Wildman–Crippen LogP) is 3.08. The smallest absolute Gasteiger partial charge is 0.0839 e. The van der Waals surface area contributed by atoms with Crippen LogP contribution in [0.3, 0.4) is 0 Å². The molecular weight excluding hydrogens is 350 g/mol. The Kier molecular flexibility index (Phi) is 7.95. The number of ether oxygens (including phenoxy) is 2. The van der Waals surface area contributed by atoms with Crippen LogP contribution in [-0.4, -0.2) is 41.6 Å². The first-order valence-electron chi connectivity index (χ1n) is 5.23. The molecule has 1 aliphatic heterocycles. The Labute approximate surface area is 115 Å². The normalized spacial score (nSPS) is 22.6. The highest BCUT2D eigenvalue weighted by atomic mass is 127. The van der Waals surface area contributed by atoms with E-state index in [0.29, 0.717) is 21.6 Å². The van der Waals surface area contributed by atoms with E-state index in [1.165, 1.54) is 0 Å². The topological polar surface area (TPSA) is 18.5 Å². The molecule has 0 aromatic heterocycles. The van der Waals surface area contributed by atoms with Gasteiger partial charge in [-0.3, -0.25) is 0 Å². The van der Waals surface area contributed by atoms with Crippen molar-refractivity contribution in [3.8, 4) is 0 Å². The zero-order chi connectivity index (χ0) is 11.1. The number of rotatable bonds is 6. The van der Waals surface area contributed by atoms with E-state index in [2.05, 4.69) is 22.6 Å². The molecule has 0 saturated carbocycles. The maximum absolute atomic E-state index is 5.85. The van der Waals surface area contributed by atoms with E-state index >= 15 is 0 Å². The second-order valence-corrected chi connectivity index (χ2v) is 5.97. The molecule has 1 aliphatic rings. The summed E-state index contributed by atoms with van der Waals surface area (Å²) < 4.78 is 11.4. The van der Waals surface area contributed by atoms with E-state index in [4.69, 9.17) is 32.7 Å². The second kappa shape index (κ2) is 8.34. The largest absolute Gasteiger partial charge is 0.381 e. The Hall–Kier alpha value is 1.23. The van der Waals surface area contributed by atoms with Gasteiger partial charge in [-0.25, -0.2) is 0 Å². The van der Waals surface area contributed by atoms with E-state index in [9.17, 15) is 0 Å². The molecule has 5 heteroatoms. The van der Waals surface area contributed by atoms with Crippen molar-refractivity contribution in [2.75, 3.05) is 31.6 Å². The third-order valence-electron chi connectivity index (χ3n) is 2.59. The highest BCUT2D eigenvalue weighted by Crippen LogP contribution is 2.19. The van der Waals surface area contributed by atoms with Gasteiger partial charge in [0.15, 0.2) is 0 Å². The summed E-state index contributed by atoms with van der Waals surface area (Å²) in [5.41, 5.74) is 0. The minimum atomic E-state index is 0.0765. The molecule has 0 aromatic rings. The molecule has 1 fully saturated rings. The van der Waals surface area contributed by atoms with Gasteiger partial charge in [-0.1, -0.05) is 22.6 Å². The second-order valence-electron chi connectivity index (χ2n) is 3.75. The molecule has 1 rings (SSSR count). The molecule has 0 aliphatic carbocycles. The molecule has 2 atom stereocenters. The zero-order valence-corrected chi connectivity index (χ0v) is 12.3. The molecular formula is C10H17Cl2IO2. The fourth-order valence-electron chi connectivity index (χ4n) is 1.52. The molecule has 1 saturated heterocycles. The van der Waals surface area contributed by atoms with E-state index in [1.807, 2.05) is 0 Å². The van der Waals surface area contributed by atoms with E-state index < -0.39 is 0 Å². The van der Waals surface area contributed by atoms with Gasteiger partial charge in [0.25, 0.3) is 0 Å². The zero-order valence-electron chi connectivity index (χ0n) is 8.63. The fraction of sp³-hybridized carbons (Fsp3) is 1.00. The van der Waals surface area contributed by atoms with Gasteiger partial charge >= 0.3 is 0 Å². The molecule has 0 N–H and O–H groups in total. The Morgan fingerprint density at radius 2 is 1.93 bits per heavy atom. The summed E-state index contributed by atoms with van der Waals surface area (Å²) in [6.07, 6.45) is 2.27. The average molecular weight is 367 g/mol. The van der Waals surface area contributed by atoms with Crippen molar-refractivity contribution >= 4 is 45.8 Å². The monoisotopic (exact) mass is 366 g/mol. The van der Waals surface area contributed by atoms with Crippen LogP contribution in [-0.2, 0) is 9.47 Å². The van der Waals surface area contributed by atoms with Crippen LogP contribution in [0.4, 0.5) is 0 Å². The quantitative estimate of drug-likeness (QED) is 0.531. The third kappa shape index (κ3) is 5.39. The molecule has 2 unspecified atom stereocenters. The lowest BCUT2D eigenvalue weighted by atomic mass is 10.0. The third-order valence-corrected chi connectivity index (χ3v) is 4.99. The highest BCUT2D eigenvalue weighted by Gasteiger charge is 2.21. The standard InChI is InChI=1S/C10H17Cl2IO2/c11-5-9(13)10(6-12)15-7-8-1-3-14-4-2-8/h8-10H,1-7H2. The molecule has 0 amide bonds. The summed E-state index contributed by atoms with van der Waals surface area (Å²) in [7, 11) is 0. The van der Waals surface area contributed by atoms with Crippen LogP contribution in [0.2, 0.25) is 0 Å². The van der Waals surface area contributed by atoms with Gasteiger partial charge < -0.3 is 9.47 Å². The van der Waals surface area contributed by atoms with Crippen molar-refractivity contribution in [2.45, 2.75) is 22.9 Å². The fourth-order valence-corrected chi connectivity index (χ4v) is 2.78. The van der Waals surface area contributed by atoms with Gasteiger partial charge in [0.05, 0.1) is 16.6 Å². The van der Waals surface area contributed by atoms with Crippen molar-refractivity contribution in [1.82, 2.24) is 0 Å². The first kappa shape index (κ1) is 14.3. The lowest BCUT2D eigenvalue weighted by Crippen LogP contribution is -2.31. The summed E-state index contributed by atoms with van der Waals surface area (Å²) >= 11 is 13.9. The first-order valence-corrected chi connectivity index (χ1v) is 7.54. The Morgan fingerprint density at radius 1 is 1.27 bits per heavy atom. The molecule has 90 valence electrons. The van der Waals surface area contributed by atoms with Crippen molar-refractivity contribution in [2.24, 2.45) is 5.92 Å². The van der Waals surface area contributed by atoms with Crippen LogP contribution >= 0.6 is 45.8 Å². The van der Waals surface area contributed by atoms with Crippen molar-refractivity contribution in [3.63, 3.8) is 0 Å². The minimum Gasteiger partial charge on any atom is -0.381 e. The van der Waals surface area contributed by atoms with Gasteiger partial charge in [0.2, 0.25) is 0 Å². The van der Waals surface area contributed by atoms with Gasteiger partial charge in [0, 0.05) is 25.0 Å². The molecule has 0 bridgehead atoms. The summed E-state index contributed by atoms with van der Waals surface area (Å²) in [5.74, 6) is 1.73.